The molecule has 0 aliphatic carbocycles. The van der Waals surface area contributed by atoms with Crippen molar-refractivity contribution in [2.24, 2.45) is 0 Å². The molecular formula is C21H26N4O4. The molecule has 2 aromatic rings. The number of hydrogen-bond donors (Lipinski definition) is 2. The van der Waals surface area contributed by atoms with Crippen LogP contribution in [0.2, 0.25) is 0 Å². The van der Waals surface area contributed by atoms with E-state index in [-0.39, 0.29) is 17.2 Å². The number of amides is 1. The second-order valence-corrected chi connectivity index (χ2v) is 6.89. The van der Waals surface area contributed by atoms with E-state index in [2.05, 4.69) is 15.5 Å². The molecule has 154 valence electrons. The first-order valence-corrected chi connectivity index (χ1v) is 9.78. The van der Waals surface area contributed by atoms with Crippen molar-refractivity contribution in [3.8, 4) is 0 Å². The predicted molar refractivity (Wildman–Crippen MR) is 111 cm³/mol. The van der Waals surface area contributed by atoms with E-state index in [1.807, 2.05) is 30.3 Å². The molecule has 1 aliphatic rings. The van der Waals surface area contributed by atoms with Crippen molar-refractivity contribution in [3.05, 3.63) is 69.8 Å². The van der Waals surface area contributed by atoms with Gasteiger partial charge in [-0.1, -0.05) is 30.3 Å². The van der Waals surface area contributed by atoms with Crippen LogP contribution < -0.4 is 10.6 Å². The van der Waals surface area contributed by atoms with Gasteiger partial charge in [0.05, 0.1) is 18.1 Å². The number of ether oxygens (including phenoxy) is 1. The van der Waals surface area contributed by atoms with Crippen LogP contribution in [0, 0.1) is 10.1 Å². The third-order valence-electron chi connectivity index (χ3n) is 4.82. The summed E-state index contributed by atoms with van der Waals surface area (Å²) in [5.74, 6) is -0.301. The van der Waals surface area contributed by atoms with Crippen molar-refractivity contribution in [2.45, 2.75) is 13.0 Å². The molecule has 0 unspecified atom stereocenters. The topological polar surface area (TPSA) is 96.7 Å². The highest BCUT2D eigenvalue weighted by molar-refractivity contribution is 5.95. The molecule has 8 nitrogen and oxygen atoms in total. The molecule has 0 saturated carbocycles. The molecule has 1 saturated heterocycles. The Bertz CT molecular complexity index is 823. The van der Waals surface area contributed by atoms with E-state index >= 15 is 0 Å². The van der Waals surface area contributed by atoms with E-state index in [1.54, 1.807) is 12.1 Å². The van der Waals surface area contributed by atoms with Gasteiger partial charge in [0.1, 0.15) is 5.69 Å². The first-order valence-electron chi connectivity index (χ1n) is 9.78. The number of nitrogens with zero attached hydrogens (tertiary/aromatic N) is 2. The minimum atomic E-state index is -0.470. The molecule has 29 heavy (non-hydrogen) atoms. The largest absolute Gasteiger partial charge is 0.379 e. The van der Waals surface area contributed by atoms with Crippen molar-refractivity contribution >= 4 is 17.3 Å². The normalized spacial score (nSPS) is 14.3. The fraction of sp³-hybridized carbons (Fsp3) is 0.381. The zero-order valence-electron chi connectivity index (χ0n) is 16.3. The van der Waals surface area contributed by atoms with Crippen molar-refractivity contribution < 1.29 is 14.5 Å². The maximum Gasteiger partial charge on any atom is 0.293 e. The van der Waals surface area contributed by atoms with E-state index in [1.165, 1.54) is 6.07 Å². The summed E-state index contributed by atoms with van der Waals surface area (Å²) in [7, 11) is 0. The van der Waals surface area contributed by atoms with Crippen molar-refractivity contribution in [1.82, 2.24) is 10.2 Å². The molecule has 1 aliphatic heterocycles. The lowest BCUT2D eigenvalue weighted by Gasteiger charge is -2.26. The van der Waals surface area contributed by atoms with E-state index in [4.69, 9.17) is 4.74 Å². The number of carbonyl (C=O) groups is 1. The van der Waals surface area contributed by atoms with Gasteiger partial charge in [-0.3, -0.25) is 19.8 Å². The van der Waals surface area contributed by atoms with E-state index in [0.29, 0.717) is 18.8 Å². The number of nitrogens with one attached hydrogen (secondary N) is 2. The van der Waals surface area contributed by atoms with Gasteiger partial charge < -0.3 is 15.4 Å². The molecule has 2 aromatic carbocycles. The van der Waals surface area contributed by atoms with E-state index < -0.39 is 4.92 Å². The van der Waals surface area contributed by atoms with Gasteiger partial charge >= 0.3 is 0 Å². The van der Waals surface area contributed by atoms with Gasteiger partial charge in [-0.25, -0.2) is 0 Å². The van der Waals surface area contributed by atoms with Gasteiger partial charge in [-0.05, 0) is 30.7 Å². The Morgan fingerprint density at radius 3 is 2.62 bits per heavy atom. The number of benzene rings is 2. The number of hydrogen-bond acceptors (Lipinski definition) is 6. The number of carbonyl (C=O) groups excluding carboxylic acids is 1. The lowest BCUT2D eigenvalue weighted by Crippen LogP contribution is -2.38. The fourth-order valence-electron chi connectivity index (χ4n) is 3.20. The van der Waals surface area contributed by atoms with Gasteiger partial charge in [-0.15, -0.1) is 0 Å². The van der Waals surface area contributed by atoms with Crippen LogP contribution in [0.5, 0.6) is 0 Å². The quantitative estimate of drug-likeness (QED) is 0.383. The van der Waals surface area contributed by atoms with Crippen LogP contribution in [-0.4, -0.2) is 55.1 Å². The van der Waals surface area contributed by atoms with Crippen LogP contribution in [0.15, 0.2) is 48.5 Å². The Morgan fingerprint density at radius 1 is 1.14 bits per heavy atom. The first-order chi connectivity index (χ1) is 14.1. The molecule has 0 atom stereocenters. The zero-order valence-corrected chi connectivity index (χ0v) is 16.3. The number of nitro groups is 1. The van der Waals surface area contributed by atoms with Gasteiger partial charge in [0.25, 0.3) is 11.6 Å². The Labute approximate surface area is 170 Å². The van der Waals surface area contributed by atoms with Crippen molar-refractivity contribution in [1.29, 1.82) is 0 Å². The SMILES string of the molecule is O=C(NCCCN1CCOCC1)c1ccc(NCc2ccccc2)c([N+](=O)[O-])c1. The van der Waals surface area contributed by atoms with Gasteiger partial charge in [-0.2, -0.15) is 0 Å². The smallest absolute Gasteiger partial charge is 0.293 e. The number of nitro benzene ring substituents is 1. The molecule has 0 spiro atoms. The Hall–Kier alpha value is -2.97. The molecule has 1 fully saturated rings. The van der Waals surface area contributed by atoms with E-state index in [9.17, 15) is 14.9 Å². The summed E-state index contributed by atoms with van der Waals surface area (Å²) in [5.41, 5.74) is 1.59. The second kappa shape index (κ2) is 10.5. The molecular weight excluding hydrogens is 372 g/mol. The Balaban J connectivity index is 1.54. The van der Waals surface area contributed by atoms with Gasteiger partial charge in [0, 0.05) is 37.8 Å². The highest BCUT2D eigenvalue weighted by Gasteiger charge is 2.17. The standard InChI is InChI=1S/C21H26N4O4/c26-21(22-9-4-10-24-11-13-29-14-12-24)18-7-8-19(20(15-18)25(27)28)23-16-17-5-2-1-3-6-17/h1-3,5-8,15,23H,4,9-14,16H2,(H,22,26). The molecule has 3 rings (SSSR count). The number of morpholine rings is 1. The summed E-state index contributed by atoms with van der Waals surface area (Å²) in [5, 5.41) is 17.4. The minimum Gasteiger partial charge on any atom is -0.379 e. The van der Waals surface area contributed by atoms with Crippen molar-refractivity contribution in [2.75, 3.05) is 44.7 Å². The predicted octanol–water partition coefficient (Wildman–Crippen LogP) is 2.66. The molecule has 0 aromatic heterocycles. The third-order valence-corrected chi connectivity index (χ3v) is 4.82. The zero-order chi connectivity index (χ0) is 20.5. The monoisotopic (exact) mass is 398 g/mol. The summed E-state index contributed by atoms with van der Waals surface area (Å²) in [6.45, 7) is 5.22. The summed E-state index contributed by atoms with van der Waals surface area (Å²) in [6, 6.07) is 14.2. The van der Waals surface area contributed by atoms with Gasteiger partial charge in [0.2, 0.25) is 0 Å². The highest BCUT2D eigenvalue weighted by atomic mass is 16.6. The van der Waals surface area contributed by atoms with Crippen LogP contribution in [-0.2, 0) is 11.3 Å². The van der Waals surface area contributed by atoms with E-state index in [0.717, 1.165) is 44.8 Å². The molecule has 1 heterocycles. The lowest BCUT2D eigenvalue weighted by molar-refractivity contribution is -0.384. The summed E-state index contributed by atoms with van der Waals surface area (Å²) in [6.07, 6.45) is 0.824. The van der Waals surface area contributed by atoms with Crippen LogP contribution in [0.4, 0.5) is 11.4 Å². The number of rotatable bonds is 9. The summed E-state index contributed by atoms with van der Waals surface area (Å²) >= 11 is 0. The lowest BCUT2D eigenvalue weighted by atomic mass is 10.1. The average Bonchev–Trinajstić information content (AvgIpc) is 2.76. The third kappa shape index (κ3) is 6.27. The van der Waals surface area contributed by atoms with Crippen molar-refractivity contribution in [3.63, 3.8) is 0 Å². The average molecular weight is 398 g/mol. The maximum absolute atomic E-state index is 12.4. The molecule has 2 N–H and O–H groups in total. The first kappa shape index (κ1) is 20.8. The molecule has 1 amide bonds. The van der Waals surface area contributed by atoms with Gasteiger partial charge in [0.15, 0.2) is 0 Å². The van der Waals surface area contributed by atoms with Crippen LogP contribution in [0.1, 0.15) is 22.3 Å². The maximum atomic E-state index is 12.4. The summed E-state index contributed by atoms with van der Waals surface area (Å²) < 4.78 is 5.31. The second-order valence-electron chi connectivity index (χ2n) is 6.89. The minimum absolute atomic E-state index is 0.109. The Kier molecular flexibility index (Phi) is 7.54. The fourth-order valence-corrected chi connectivity index (χ4v) is 3.20. The molecule has 0 bridgehead atoms. The highest BCUT2D eigenvalue weighted by Crippen LogP contribution is 2.26. The molecule has 8 heteroatoms. The van der Waals surface area contributed by atoms with Crippen LogP contribution in [0.25, 0.3) is 0 Å². The van der Waals surface area contributed by atoms with Crippen LogP contribution >= 0.6 is 0 Å². The molecule has 0 radical (unpaired) electrons. The Morgan fingerprint density at radius 2 is 1.90 bits per heavy atom. The summed E-state index contributed by atoms with van der Waals surface area (Å²) in [4.78, 5) is 25.7. The van der Waals surface area contributed by atoms with Crippen LogP contribution in [0.3, 0.4) is 0 Å². The number of anilines is 1.